The van der Waals surface area contributed by atoms with Crippen LogP contribution in [0.15, 0.2) is 54.6 Å². The monoisotopic (exact) mass is 435 g/mol. The average molecular weight is 436 g/mol. The van der Waals surface area contributed by atoms with Crippen molar-refractivity contribution in [3.63, 3.8) is 0 Å². The molecule has 1 heterocycles. The fraction of sp³-hybridized carbons (Fsp3) is 0.381. The van der Waals surface area contributed by atoms with E-state index in [4.69, 9.17) is 5.11 Å². The van der Waals surface area contributed by atoms with Crippen molar-refractivity contribution < 1.29 is 24.1 Å². The first kappa shape index (κ1) is 22.7. The van der Waals surface area contributed by atoms with Crippen molar-refractivity contribution in [2.75, 3.05) is 6.54 Å². The zero-order valence-corrected chi connectivity index (χ0v) is 17.5. The van der Waals surface area contributed by atoms with Gasteiger partial charge in [0.25, 0.3) is 0 Å². The highest BCUT2D eigenvalue weighted by molar-refractivity contribution is 8.20. The van der Waals surface area contributed by atoms with Crippen molar-refractivity contribution in [3.05, 3.63) is 71.3 Å². The molecule has 0 amide bonds. The van der Waals surface area contributed by atoms with Crippen LogP contribution in [0.4, 0.5) is 0 Å². The van der Waals surface area contributed by atoms with Crippen LogP contribution in [0.2, 0.25) is 0 Å². The van der Waals surface area contributed by atoms with Crippen LogP contribution in [0.1, 0.15) is 42.0 Å². The summed E-state index contributed by atoms with van der Waals surface area (Å²) in [6, 6.07) is 17.9. The van der Waals surface area contributed by atoms with Gasteiger partial charge in [0.1, 0.15) is 6.23 Å². The van der Waals surface area contributed by atoms with Crippen molar-refractivity contribution in [2.24, 2.45) is 0 Å². The summed E-state index contributed by atoms with van der Waals surface area (Å²) in [5.74, 6) is -0.783. The lowest BCUT2D eigenvalue weighted by Crippen LogP contribution is -2.25. The van der Waals surface area contributed by atoms with Crippen LogP contribution in [0, 0.1) is 0 Å². The van der Waals surface area contributed by atoms with Crippen LogP contribution in [0.5, 0.6) is 0 Å². The van der Waals surface area contributed by atoms with Crippen molar-refractivity contribution in [1.29, 1.82) is 0 Å². The van der Waals surface area contributed by atoms with Gasteiger partial charge >= 0.3 is 5.97 Å². The van der Waals surface area contributed by atoms with Gasteiger partial charge in [0.2, 0.25) is 0 Å². The van der Waals surface area contributed by atoms with Crippen molar-refractivity contribution >= 4 is 16.9 Å². The van der Waals surface area contributed by atoms with E-state index in [2.05, 4.69) is 10.0 Å². The van der Waals surface area contributed by atoms with Gasteiger partial charge in [0, 0.05) is 25.6 Å². The van der Waals surface area contributed by atoms with Crippen LogP contribution in [0.3, 0.4) is 0 Å². The fourth-order valence-electron chi connectivity index (χ4n) is 3.48. The molecule has 0 spiro atoms. The summed E-state index contributed by atoms with van der Waals surface area (Å²) in [6.07, 6.45) is 0.535. The minimum Gasteiger partial charge on any atom is -0.481 e. The second-order valence-corrected chi connectivity index (χ2v) is 9.21. The topological polar surface area (TPSA) is 125 Å². The Kier molecular flexibility index (Phi) is 7.84. The number of β-amino-alcohol motifs (C(OH)–C–C–N with tert-alkyl or cyclic N) is 1. The third-order valence-electron chi connectivity index (χ3n) is 5.05. The van der Waals surface area contributed by atoms with E-state index >= 15 is 0 Å². The highest BCUT2D eigenvalue weighted by Crippen LogP contribution is 2.44. The third kappa shape index (κ3) is 6.51. The molecular formula is C21H29N3O5S. The van der Waals surface area contributed by atoms with Gasteiger partial charge in [-0.2, -0.15) is 9.03 Å². The van der Waals surface area contributed by atoms with Crippen LogP contribution in [-0.2, 0) is 17.9 Å². The highest BCUT2D eigenvalue weighted by Gasteiger charge is 2.34. The Labute approximate surface area is 178 Å². The molecule has 0 radical (unpaired) electrons. The zero-order chi connectivity index (χ0) is 21.6. The lowest BCUT2D eigenvalue weighted by molar-refractivity contribution is -0.137. The molecule has 3 rings (SSSR count). The number of rotatable bonds is 10. The maximum Gasteiger partial charge on any atom is 0.303 e. The Hall–Kier alpha value is -1.98. The first-order chi connectivity index (χ1) is 14.3. The number of carboxylic acids is 1. The molecule has 30 heavy (non-hydrogen) atoms. The zero-order valence-electron chi connectivity index (χ0n) is 16.6. The van der Waals surface area contributed by atoms with Gasteiger partial charge in [0.15, 0.2) is 0 Å². The predicted molar refractivity (Wildman–Crippen MR) is 116 cm³/mol. The van der Waals surface area contributed by atoms with Crippen LogP contribution >= 0.6 is 11.0 Å². The Morgan fingerprint density at radius 2 is 1.80 bits per heavy atom. The number of carbonyl (C=O) groups is 1. The van der Waals surface area contributed by atoms with E-state index in [1.807, 2.05) is 54.6 Å². The number of nitrogens with one attached hydrogen (secondary N) is 2. The van der Waals surface area contributed by atoms with E-state index in [1.165, 1.54) is 4.31 Å². The number of hydrogen-bond acceptors (Lipinski definition) is 7. The van der Waals surface area contributed by atoms with Crippen molar-refractivity contribution in [1.82, 2.24) is 14.3 Å². The molecule has 6 N–H and O–H groups in total. The molecule has 9 heteroatoms. The summed E-state index contributed by atoms with van der Waals surface area (Å²) >= 11 is 0. The molecule has 164 valence electrons. The predicted octanol–water partition coefficient (Wildman–Crippen LogP) is 3.08. The smallest absolute Gasteiger partial charge is 0.303 e. The number of aliphatic carboxylic acids is 1. The van der Waals surface area contributed by atoms with Gasteiger partial charge < -0.3 is 15.5 Å². The Bertz CT molecular complexity index is 819. The highest BCUT2D eigenvalue weighted by atomic mass is 32.3. The summed E-state index contributed by atoms with van der Waals surface area (Å²) in [5.41, 5.74) is 3.12. The van der Waals surface area contributed by atoms with Crippen LogP contribution < -0.4 is 10.0 Å². The van der Waals surface area contributed by atoms with Gasteiger partial charge in [-0.3, -0.25) is 13.9 Å². The number of hydrogen-bond donors (Lipinski definition) is 6. The molecule has 0 unspecified atom stereocenters. The van der Waals surface area contributed by atoms with E-state index in [9.17, 15) is 19.0 Å². The van der Waals surface area contributed by atoms with E-state index < -0.39 is 23.2 Å². The number of nitrogens with zero attached hydrogens (tertiary/aromatic N) is 1. The van der Waals surface area contributed by atoms with Gasteiger partial charge in [0.05, 0.1) is 6.54 Å². The molecule has 0 bridgehead atoms. The van der Waals surface area contributed by atoms with Crippen LogP contribution in [-0.4, -0.2) is 42.4 Å². The lowest BCUT2D eigenvalue weighted by Gasteiger charge is -2.35. The summed E-state index contributed by atoms with van der Waals surface area (Å²) < 4.78 is 23.7. The number of carboxylic acid groups (broad SMARTS) is 1. The number of aliphatic hydroxyl groups is 1. The summed E-state index contributed by atoms with van der Waals surface area (Å²) in [4.78, 5) is 10.8. The quantitative estimate of drug-likeness (QED) is 0.336. The van der Waals surface area contributed by atoms with Crippen molar-refractivity contribution in [2.45, 2.75) is 44.6 Å². The Morgan fingerprint density at radius 3 is 2.40 bits per heavy atom. The van der Waals surface area contributed by atoms with E-state index in [1.54, 1.807) is 0 Å². The van der Waals surface area contributed by atoms with Crippen LogP contribution in [0.25, 0.3) is 0 Å². The van der Waals surface area contributed by atoms with Gasteiger partial charge in [-0.05, 0) is 29.5 Å². The molecule has 8 nitrogen and oxygen atoms in total. The molecular weight excluding hydrogens is 406 g/mol. The molecule has 0 aliphatic carbocycles. The maximum atomic E-state index is 10.8. The van der Waals surface area contributed by atoms with E-state index in [0.717, 1.165) is 23.1 Å². The molecule has 2 aromatic rings. The minimum atomic E-state index is -3.13. The molecule has 1 aliphatic heterocycles. The molecule has 2 aromatic carbocycles. The number of aliphatic hydroxyl groups excluding tert-OH is 1. The Morgan fingerprint density at radius 1 is 1.13 bits per heavy atom. The first-order valence-electron chi connectivity index (χ1n) is 9.90. The summed E-state index contributed by atoms with van der Waals surface area (Å²) in [5, 5.41) is 22.0. The summed E-state index contributed by atoms with van der Waals surface area (Å²) in [6.45, 7) is 1.11. The number of benzene rings is 2. The second-order valence-electron chi connectivity index (χ2n) is 7.42. The molecule has 1 aliphatic rings. The lowest BCUT2D eigenvalue weighted by atomic mass is 10.0. The Balaban J connectivity index is 1.57. The SMILES string of the molecule is O=C(O)CCC[C@H](NCc1ccc(CN2C[C@H](O)NS2(O)O)cc1)c1ccccc1. The van der Waals surface area contributed by atoms with E-state index in [-0.39, 0.29) is 19.0 Å². The minimum absolute atomic E-state index is 0.0652. The van der Waals surface area contributed by atoms with Gasteiger partial charge in [-0.15, -0.1) is 0 Å². The average Bonchev–Trinajstić information content (AvgIpc) is 2.97. The molecule has 0 aromatic heterocycles. The largest absolute Gasteiger partial charge is 0.481 e. The van der Waals surface area contributed by atoms with E-state index in [0.29, 0.717) is 19.5 Å². The van der Waals surface area contributed by atoms with Crippen molar-refractivity contribution in [3.8, 4) is 0 Å². The summed E-state index contributed by atoms with van der Waals surface area (Å²) in [7, 11) is -3.13. The second kappa shape index (κ2) is 10.4. The standard InChI is InChI=1S/C21H29N3O5S/c25-20-15-24(30(28,29)23-20)14-17-11-9-16(10-12-17)13-22-19(7-4-8-21(26)27)18-5-2-1-3-6-18/h1-3,5-6,9-12,19-20,22-23,25,28-29H,4,7-8,13-15H2,(H,26,27)/t19-,20-/m0/s1. The normalized spacial score (nSPS) is 20.7. The molecule has 1 saturated heterocycles. The molecule has 0 saturated carbocycles. The molecule has 1 fully saturated rings. The molecule has 2 atom stereocenters. The fourth-order valence-corrected chi connectivity index (χ4v) is 4.75. The third-order valence-corrected chi connectivity index (χ3v) is 6.64. The van der Waals surface area contributed by atoms with Gasteiger partial charge in [-0.1, -0.05) is 65.6 Å². The maximum absolute atomic E-state index is 10.8. The van der Waals surface area contributed by atoms with Gasteiger partial charge in [-0.25, -0.2) is 0 Å². The first-order valence-corrected chi connectivity index (χ1v) is 11.4.